The second kappa shape index (κ2) is 10.9. The van der Waals surface area contributed by atoms with Crippen LogP contribution in [-0.2, 0) is 19.6 Å². The zero-order valence-corrected chi connectivity index (χ0v) is 20.6. The third-order valence-corrected chi connectivity index (χ3v) is 8.42. The van der Waals surface area contributed by atoms with E-state index >= 15 is 0 Å². The minimum absolute atomic E-state index is 0.0324. The van der Waals surface area contributed by atoms with Crippen LogP contribution in [0.3, 0.4) is 0 Å². The molecule has 2 aliphatic rings. The van der Waals surface area contributed by atoms with Crippen LogP contribution in [0.2, 0.25) is 0 Å². The molecule has 0 spiro atoms. The number of fused-ring (bicyclic) bond motifs is 1. The van der Waals surface area contributed by atoms with Crippen molar-refractivity contribution in [1.82, 2.24) is 9.21 Å². The predicted molar refractivity (Wildman–Crippen MR) is 124 cm³/mol. The molecule has 1 aliphatic carbocycles. The van der Waals surface area contributed by atoms with Crippen molar-refractivity contribution >= 4 is 15.9 Å². The molecular weight excluding hydrogens is 444 g/mol. The first kappa shape index (κ1) is 25.5. The Kier molecular flexibility index (Phi) is 8.40. The topological polar surface area (TPSA) is 96.4 Å². The molecule has 9 heteroatoms. The van der Waals surface area contributed by atoms with Gasteiger partial charge >= 0.3 is 0 Å². The SMILES string of the molecule is COCC#Cc1ccc2c(c1)O[C@@H](CN(C)C(=O)C1CCC1)[C@H](C)CN([C@@H](C)CO)S2(=O)=O. The second-order valence-electron chi connectivity index (χ2n) is 8.98. The summed E-state index contributed by atoms with van der Waals surface area (Å²) < 4.78 is 39.5. The van der Waals surface area contributed by atoms with Gasteiger partial charge in [-0.15, -0.1) is 0 Å². The summed E-state index contributed by atoms with van der Waals surface area (Å²) in [5, 5.41) is 9.74. The molecule has 1 fully saturated rings. The summed E-state index contributed by atoms with van der Waals surface area (Å²) in [6.45, 7) is 4.07. The summed E-state index contributed by atoms with van der Waals surface area (Å²) in [6.07, 6.45) is 2.48. The van der Waals surface area contributed by atoms with E-state index in [0.717, 1.165) is 19.3 Å². The van der Waals surface area contributed by atoms with Gasteiger partial charge in [0.2, 0.25) is 15.9 Å². The number of likely N-dealkylation sites (N-methyl/N-ethyl adjacent to an activating group) is 1. The van der Waals surface area contributed by atoms with E-state index in [0.29, 0.717) is 12.1 Å². The Morgan fingerprint density at radius 1 is 1.39 bits per heavy atom. The molecule has 33 heavy (non-hydrogen) atoms. The molecule has 8 nitrogen and oxygen atoms in total. The summed E-state index contributed by atoms with van der Waals surface area (Å²) in [7, 11) is -0.588. The molecule has 0 radical (unpaired) electrons. The van der Waals surface area contributed by atoms with E-state index in [1.165, 1.54) is 10.4 Å². The lowest BCUT2D eigenvalue weighted by atomic mass is 9.84. The summed E-state index contributed by atoms with van der Waals surface area (Å²) in [5.74, 6) is 5.97. The van der Waals surface area contributed by atoms with Gasteiger partial charge in [-0.3, -0.25) is 4.79 Å². The van der Waals surface area contributed by atoms with E-state index < -0.39 is 22.2 Å². The fourth-order valence-electron chi connectivity index (χ4n) is 4.06. The van der Waals surface area contributed by atoms with Crippen LogP contribution in [0.15, 0.2) is 23.1 Å². The van der Waals surface area contributed by atoms with Crippen LogP contribution in [0.1, 0.15) is 38.7 Å². The monoisotopic (exact) mass is 478 g/mol. The minimum Gasteiger partial charge on any atom is -0.487 e. The molecule has 1 heterocycles. The van der Waals surface area contributed by atoms with Gasteiger partial charge in [0.05, 0.1) is 13.2 Å². The zero-order chi connectivity index (χ0) is 24.2. The van der Waals surface area contributed by atoms with Gasteiger partial charge in [0.15, 0.2) is 0 Å². The number of hydrogen-bond acceptors (Lipinski definition) is 6. The zero-order valence-electron chi connectivity index (χ0n) is 19.8. The highest BCUT2D eigenvalue weighted by molar-refractivity contribution is 7.89. The lowest BCUT2D eigenvalue weighted by Gasteiger charge is -2.38. The first-order valence-electron chi connectivity index (χ1n) is 11.3. The Labute approximate surface area is 196 Å². The van der Waals surface area contributed by atoms with Gasteiger partial charge in [0.1, 0.15) is 23.4 Å². The Hall–Kier alpha value is -2.12. The van der Waals surface area contributed by atoms with Gasteiger partial charge in [0, 0.05) is 44.1 Å². The number of methoxy groups -OCH3 is 1. The smallest absolute Gasteiger partial charge is 0.247 e. The molecule has 182 valence electrons. The van der Waals surface area contributed by atoms with E-state index in [2.05, 4.69) is 11.8 Å². The number of ether oxygens (including phenoxy) is 2. The van der Waals surface area contributed by atoms with Crippen LogP contribution in [0.4, 0.5) is 0 Å². The summed E-state index contributed by atoms with van der Waals surface area (Å²) in [4.78, 5) is 14.5. The van der Waals surface area contributed by atoms with Gasteiger partial charge in [-0.05, 0) is 38.0 Å². The average Bonchev–Trinajstić information content (AvgIpc) is 2.74. The van der Waals surface area contributed by atoms with Gasteiger partial charge in [-0.25, -0.2) is 8.42 Å². The molecule has 1 N–H and O–H groups in total. The molecule has 0 saturated heterocycles. The quantitative estimate of drug-likeness (QED) is 0.626. The van der Waals surface area contributed by atoms with Crippen molar-refractivity contribution in [2.24, 2.45) is 11.8 Å². The molecule has 1 saturated carbocycles. The van der Waals surface area contributed by atoms with Crippen molar-refractivity contribution in [2.45, 2.75) is 50.2 Å². The average molecular weight is 479 g/mol. The van der Waals surface area contributed by atoms with Gasteiger partial charge in [-0.2, -0.15) is 4.31 Å². The summed E-state index contributed by atoms with van der Waals surface area (Å²) >= 11 is 0. The molecule has 1 aromatic carbocycles. The number of nitrogens with zero attached hydrogens (tertiary/aromatic N) is 2. The molecule has 0 aromatic heterocycles. The third-order valence-electron chi connectivity index (χ3n) is 6.40. The van der Waals surface area contributed by atoms with E-state index in [4.69, 9.17) is 9.47 Å². The Morgan fingerprint density at radius 3 is 2.73 bits per heavy atom. The molecule has 0 bridgehead atoms. The summed E-state index contributed by atoms with van der Waals surface area (Å²) in [6, 6.07) is 4.15. The molecule has 1 amide bonds. The second-order valence-corrected chi connectivity index (χ2v) is 10.8. The van der Waals surface area contributed by atoms with Crippen molar-refractivity contribution in [2.75, 3.05) is 40.5 Å². The van der Waals surface area contributed by atoms with Crippen molar-refractivity contribution in [3.05, 3.63) is 23.8 Å². The van der Waals surface area contributed by atoms with Crippen molar-refractivity contribution in [3.63, 3.8) is 0 Å². The third kappa shape index (κ3) is 5.69. The fourth-order valence-corrected chi connectivity index (χ4v) is 5.88. The Balaban J connectivity index is 1.99. The van der Waals surface area contributed by atoms with Crippen LogP contribution in [0.25, 0.3) is 0 Å². The number of benzene rings is 1. The lowest BCUT2D eigenvalue weighted by molar-refractivity contribution is -0.138. The highest BCUT2D eigenvalue weighted by atomic mass is 32.2. The van der Waals surface area contributed by atoms with Crippen LogP contribution >= 0.6 is 0 Å². The number of carbonyl (C=O) groups is 1. The Bertz CT molecular complexity index is 1010. The summed E-state index contributed by atoms with van der Waals surface area (Å²) in [5.41, 5.74) is 0.605. The number of carbonyl (C=O) groups excluding carboxylic acids is 1. The maximum absolute atomic E-state index is 13.5. The number of aliphatic hydroxyl groups excluding tert-OH is 1. The van der Waals surface area contributed by atoms with Crippen molar-refractivity contribution in [1.29, 1.82) is 0 Å². The van der Waals surface area contributed by atoms with Crippen LogP contribution in [0.5, 0.6) is 5.75 Å². The number of hydrogen-bond donors (Lipinski definition) is 1. The van der Waals surface area contributed by atoms with Crippen molar-refractivity contribution in [3.8, 4) is 17.6 Å². The van der Waals surface area contributed by atoms with Crippen LogP contribution < -0.4 is 4.74 Å². The molecule has 3 atom stereocenters. The number of aliphatic hydroxyl groups is 1. The maximum atomic E-state index is 13.5. The molecule has 3 rings (SSSR count). The normalized spacial score (nSPS) is 23.5. The fraction of sp³-hybridized carbons (Fsp3) is 0.625. The number of sulfonamides is 1. The largest absolute Gasteiger partial charge is 0.487 e. The number of rotatable bonds is 6. The van der Waals surface area contributed by atoms with Gasteiger partial charge in [0.25, 0.3) is 0 Å². The van der Waals surface area contributed by atoms with Crippen molar-refractivity contribution < 1.29 is 27.8 Å². The van der Waals surface area contributed by atoms with Gasteiger partial charge in [-0.1, -0.05) is 25.2 Å². The highest BCUT2D eigenvalue weighted by Gasteiger charge is 2.39. The van der Waals surface area contributed by atoms with Crippen LogP contribution in [0, 0.1) is 23.7 Å². The Morgan fingerprint density at radius 2 is 2.12 bits per heavy atom. The van der Waals surface area contributed by atoms with E-state index in [-0.39, 0.29) is 48.1 Å². The predicted octanol–water partition coefficient (Wildman–Crippen LogP) is 1.71. The highest BCUT2D eigenvalue weighted by Crippen LogP contribution is 2.34. The molecule has 1 aliphatic heterocycles. The van der Waals surface area contributed by atoms with E-state index in [1.54, 1.807) is 38.1 Å². The van der Waals surface area contributed by atoms with Gasteiger partial charge < -0.3 is 19.5 Å². The first-order valence-corrected chi connectivity index (χ1v) is 12.8. The number of amides is 1. The maximum Gasteiger partial charge on any atom is 0.247 e. The molecule has 1 aromatic rings. The molecular formula is C24H34N2O6S. The van der Waals surface area contributed by atoms with E-state index in [9.17, 15) is 18.3 Å². The first-order chi connectivity index (χ1) is 15.7. The molecule has 0 unspecified atom stereocenters. The lowest BCUT2D eigenvalue weighted by Crippen LogP contribution is -2.50. The van der Waals surface area contributed by atoms with Crippen LogP contribution in [-0.4, -0.2) is 81.2 Å². The minimum atomic E-state index is -3.91. The van der Waals surface area contributed by atoms with E-state index in [1.807, 2.05) is 6.92 Å². The standard InChI is InChI=1S/C24H34N2O6S/c1-17-14-26(18(2)16-27)33(29,30)23-11-10-19(7-6-12-31-4)13-21(23)32-22(17)15-25(3)24(28)20-8-5-9-20/h10-11,13,17-18,20,22,27H,5,8-9,12,14-16H2,1-4H3/t17-,18+,22+/m1/s1.